The summed E-state index contributed by atoms with van der Waals surface area (Å²) in [5.74, 6) is 0. The van der Waals surface area contributed by atoms with Gasteiger partial charge in [0.05, 0.1) is 5.30 Å². The minimum absolute atomic E-state index is 0. The molecule has 0 atom stereocenters. The number of nitrogens with zero attached hydrogens (tertiary/aromatic N) is 1. The predicted molar refractivity (Wildman–Crippen MR) is 66.4 cm³/mol. The Hall–Kier alpha value is 1.42. The fraction of sp³-hybridized carbons (Fsp3) is 0.909. The largest absolute Gasteiger partial charge is 1.00 e. The van der Waals surface area contributed by atoms with Gasteiger partial charge in [-0.1, -0.05) is 52.4 Å². The molecular weight excluding hydrogens is 249 g/mol. The van der Waals surface area contributed by atoms with Gasteiger partial charge in [-0.25, -0.2) is 0 Å². The zero-order valence-electron chi connectivity index (χ0n) is 11.6. The third kappa shape index (κ3) is 36.1. The topological polar surface area (TPSA) is 54.2 Å². The van der Waals surface area contributed by atoms with Gasteiger partial charge in [0, 0.05) is 0 Å². The minimum Gasteiger partial charge on any atom is -0.661 e. The summed E-state index contributed by atoms with van der Waals surface area (Å²) in [6, 6.07) is 0. The van der Waals surface area contributed by atoms with E-state index in [-0.39, 0.29) is 51.4 Å². The Labute approximate surface area is 148 Å². The van der Waals surface area contributed by atoms with Gasteiger partial charge in [-0.15, -0.1) is 25.7 Å². The molecular formula is C11H23KNO2S-. The number of carboxylic acid groups (broad SMARTS) is 1. The molecule has 16 heavy (non-hydrogen) atoms. The zero-order chi connectivity index (χ0) is 12.7. The van der Waals surface area contributed by atoms with Crippen molar-refractivity contribution < 1.29 is 61.3 Å². The van der Waals surface area contributed by atoms with Crippen LogP contribution < -0.4 is 56.5 Å². The quantitative estimate of drug-likeness (QED) is 0.555. The second-order valence-corrected chi connectivity index (χ2v) is 6.29. The minimum atomic E-state index is -1.39. The number of carbonyl (C=O) groups excluding carboxylic acids is 1. The Morgan fingerprint density at radius 2 is 1.25 bits per heavy atom. The maximum absolute atomic E-state index is 8.75. The Morgan fingerprint density at radius 1 is 1.06 bits per heavy atom. The molecule has 0 fully saturated rings. The average molecular weight is 272 g/mol. The van der Waals surface area contributed by atoms with Crippen molar-refractivity contribution in [3.8, 4) is 0 Å². The summed E-state index contributed by atoms with van der Waals surface area (Å²) >= 11 is 2.77. The van der Waals surface area contributed by atoms with E-state index in [9.17, 15) is 0 Å². The van der Waals surface area contributed by atoms with E-state index in [1.54, 1.807) is 0 Å². The van der Waals surface area contributed by atoms with Crippen molar-refractivity contribution in [1.29, 1.82) is 0 Å². The number of hydrogen-bond acceptors (Lipinski definition) is 2. The first-order valence-electron chi connectivity index (χ1n) is 4.97. The normalized spacial score (nSPS) is 10.9. The first-order valence-corrected chi connectivity index (χ1v) is 5.42. The molecule has 0 aliphatic carbocycles. The van der Waals surface area contributed by atoms with Crippen molar-refractivity contribution in [2.45, 2.75) is 41.5 Å². The Bertz CT molecular complexity index is 167. The van der Waals surface area contributed by atoms with Gasteiger partial charge in [0.1, 0.15) is 0 Å². The van der Waals surface area contributed by atoms with Gasteiger partial charge < -0.3 is 15.2 Å². The summed E-state index contributed by atoms with van der Waals surface area (Å²) in [5.41, 5.74) is 0.705. The van der Waals surface area contributed by atoms with Crippen LogP contribution in [-0.2, 0) is 0 Å². The van der Waals surface area contributed by atoms with E-state index < -0.39 is 5.30 Å². The van der Waals surface area contributed by atoms with Crippen molar-refractivity contribution >= 4 is 17.9 Å². The molecule has 0 bridgehead atoms. The first kappa shape index (κ1) is 22.6. The number of thiol groups is 1. The van der Waals surface area contributed by atoms with Crippen LogP contribution in [0.3, 0.4) is 0 Å². The van der Waals surface area contributed by atoms with E-state index in [1.807, 2.05) is 0 Å². The van der Waals surface area contributed by atoms with E-state index in [0.717, 1.165) is 13.1 Å². The molecule has 0 aromatic heterocycles. The van der Waals surface area contributed by atoms with Crippen LogP contribution in [0.2, 0.25) is 0 Å². The summed E-state index contributed by atoms with van der Waals surface area (Å²) in [6.45, 7) is 15.3. The van der Waals surface area contributed by atoms with Crippen LogP contribution >= 0.6 is 12.6 Å². The van der Waals surface area contributed by atoms with Crippen LogP contribution in [0.1, 0.15) is 41.5 Å². The SMILES string of the molecule is CC(C)(C)C[N-]CC(C)(C)C.O=C([O-])S.[K+]. The van der Waals surface area contributed by atoms with Crippen LogP contribution in [0.5, 0.6) is 0 Å². The second kappa shape index (κ2) is 10.3. The van der Waals surface area contributed by atoms with Crippen LogP contribution in [-0.4, -0.2) is 18.4 Å². The molecule has 0 aliphatic heterocycles. The standard InChI is InChI=1S/C10H22N.CH2O2S.K/c1-9(2,3)7-11-8-10(4,5)6;2-1(3)4;/h7-8H2,1-6H3;4H,(H,2,3);/q-1;;+1/p-1. The maximum atomic E-state index is 8.75. The molecule has 92 valence electrons. The monoisotopic (exact) mass is 272 g/mol. The number of carbonyl (C=O) groups is 1. The number of rotatable bonds is 2. The molecule has 0 saturated carbocycles. The van der Waals surface area contributed by atoms with Crippen molar-refractivity contribution in [1.82, 2.24) is 0 Å². The van der Waals surface area contributed by atoms with Gasteiger partial charge in [-0.2, -0.15) is 0 Å². The second-order valence-electron chi connectivity index (χ2n) is 5.93. The van der Waals surface area contributed by atoms with Gasteiger partial charge in [0.15, 0.2) is 0 Å². The molecule has 0 spiro atoms. The molecule has 0 saturated heterocycles. The van der Waals surface area contributed by atoms with E-state index in [0.29, 0.717) is 10.8 Å². The summed E-state index contributed by atoms with van der Waals surface area (Å²) in [5, 5.41) is 11.9. The predicted octanol–water partition coefficient (Wildman–Crippen LogP) is -0.284. The first-order chi connectivity index (χ1) is 6.44. The third-order valence-corrected chi connectivity index (χ3v) is 1.17. The fourth-order valence-electron chi connectivity index (χ4n) is 0.727. The molecule has 5 heteroatoms. The van der Waals surface area contributed by atoms with Crippen LogP contribution in [0.4, 0.5) is 4.79 Å². The zero-order valence-corrected chi connectivity index (χ0v) is 15.6. The summed E-state index contributed by atoms with van der Waals surface area (Å²) in [6.07, 6.45) is 0. The van der Waals surface area contributed by atoms with Crippen LogP contribution in [0, 0.1) is 10.8 Å². The molecule has 0 aliphatic rings. The average Bonchev–Trinajstić information content (AvgIpc) is 1.77. The molecule has 3 nitrogen and oxygen atoms in total. The summed E-state index contributed by atoms with van der Waals surface area (Å²) < 4.78 is 0. The molecule has 0 aromatic carbocycles. The molecule has 0 heterocycles. The summed E-state index contributed by atoms with van der Waals surface area (Å²) in [7, 11) is 0. The van der Waals surface area contributed by atoms with E-state index >= 15 is 0 Å². The number of hydrogen-bond donors (Lipinski definition) is 1. The van der Waals surface area contributed by atoms with Crippen LogP contribution in [0.25, 0.3) is 5.32 Å². The van der Waals surface area contributed by atoms with E-state index in [4.69, 9.17) is 9.90 Å². The third-order valence-electron chi connectivity index (χ3n) is 1.17. The summed E-state index contributed by atoms with van der Waals surface area (Å²) in [4.78, 5) is 8.75. The van der Waals surface area contributed by atoms with Crippen molar-refractivity contribution in [2.24, 2.45) is 10.8 Å². The molecule has 0 aromatic rings. The van der Waals surface area contributed by atoms with Gasteiger partial charge in [-0.05, 0) is 0 Å². The van der Waals surface area contributed by atoms with Gasteiger partial charge >= 0.3 is 51.4 Å². The fourth-order valence-corrected chi connectivity index (χ4v) is 0.727. The van der Waals surface area contributed by atoms with Gasteiger partial charge in [0.2, 0.25) is 0 Å². The molecule has 0 amide bonds. The van der Waals surface area contributed by atoms with Crippen molar-refractivity contribution in [2.75, 3.05) is 13.1 Å². The smallest absolute Gasteiger partial charge is 0.661 e. The van der Waals surface area contributed by atoms with E-state index in [2.05, 4.69) is 59.5 Å². The molecule has 0 unspecified atom stereocenters. The van der Waals surface area contributed by atoms with Crippen LogP contribution in [0.15, 0.2) is 0 Å². The Balaban J connectivity index is -0.000000292. The Morgan fingerprint density at radius 3 is 1.38 bits per heavy atom. The Kier molecular flexibility index (Phi) is 14.6. The van der Waals surface area contributed by atoms with Gasteiger partial charge in [0.25, 0.3) is 0 Å². The molecule has 0 rings (SSSR count). The van der Waals surface area contributed by atoms with Crippen molar-refractivity contribution in [3.63, 3.8) is 0 Å². The van der Waals surface area contributed by atoms with Gasteiger partial charge in [-0.3, -0.25) is 0 Å². The van der Waals surface area contributed by atoms with E-state index in [1.165, 1.54) is 0 Å². The molecule has 0 radical (unpaired) electrons. The molecule has 0 N–H and O–H groups in total. The maximum Gasteiger partial charge on any atom is 1.00 e. The van der Waals surface area contributed by atoms with Crippen molar-refractivity contribution in [3.05, 3.63) is 5.32 Å².